The van der Waals surface area contributed by atoms with Crippen molar-refractivity contribution in [2.24, 2.45) is 7.05 Å². The molecule has 7 nitrogen and oxygen atoms in total. The molecule has 0 aliphatic heterocycles. The van der Waals surface area contributed by atoms with Crippen molar-refractivity contribution in [2.75, 3.05) is 18.5 Å². The van der Waals surface area contributed by atoms with Crippen LogP contribution in [0.2, 0.25) is 0 Å². The Morgan fingerprint density at radius 1 is 1.15 bits per heavy atom. The van der Waals surface area contributed by atoms with Gasteiger partial charge in [-0.05, 0) is 68.3 Å². The van der Waals surface area contributed by atoms with Gasteiger partial charge in [0.1, 0.15) is 5.82 Å². The number of nitrogens with one attached hydrogen (secondary N) is 1. The lowest BCUT2D eigenvalue weighted by atomic mass is 10.1. The quantitative estimate of drug-likeness (QED) is 0.283. The first-order valence-corrected chi connectivity index (χ1v) is 12.7. The van der Waals surface area contributed by atoms with Gasteiger partial charge in [-0.3, -0.25) is 14.0 Å². The van der Waals surface area contributed by atoms with E-state index in [1.54, 1.807) is 62.1 Å². The average Bonchev–Trinajstić information content (AvgIpc) is 3.15. The van der Waals surface area contributed by atoms with E-state index in [4.69, 9.17) is 9.05 Å². The van der Waals surface area contributed by atoms with Gasteiger partial charge in [-0.15, -0.1) is 0 Å². The lowest BCUT2D eigenvalue weighted by molar-refractivity contribution is -0.111. The van der Waals surface area contributed by atoms with Gasteiger partial charge in [0.05, 0.1) is 31.3 Å². The van der Waals surface area contributed by atoms with Crippen LogP contribution in [0.1, 0.15) is 30.5 Å². The molecule has 0 fully saturated rings. The third-order valence-electron chi connectivity index (χ3n) is 5.08. The molecule has 0 saturated carbocycles. The lowest BCUT2D eigenvalue weighted by Crippen LogP contribution is -2.09. The van der Waals surface area contributed by atoms with E-state index in [1.807, 2.05) is 13.0 Å². The molecule has 0 saturated heterocycles. The van der Waals surface area contributed by atoms with Crippen molar-refractivity contribution in [3.63, 3.8) is 0 Å². The van der Waals surface area contributed by atoms with Crippen LogP contribution in [0.15, 0.2) is 54.7 Å². The molecule has 0 spiro atoms. The lowest BCUT2D eigenvalue weighted by Gasteiger charge is -2.17. The molecule has 9 heteroatoms. The Morgan fingerprint density at radius 2 is 1.82 bits per heavy atom. The van der Waals surface area contributed by atoms with Crippen LogP contribution in [0.25, 0.3) is 17.3 Å². The van der Waals surface area contributed by atoms with E-state index in [1.165, 1.54) is 18.2 Å². The van der Waals surface area contributed by atoms with E-state index >= 15 is 0 Å². The van der Waals surface area contributed by atoms with E-state index in [2.05, 4.69) is 10.4 Å². The highest BCUT2D eigenvalue weighted by Gasteiger charge is 2.24. The summed E-state index contributed by atoms with van der Waals surface area (Å²) in [5.74, 6) is -0.624. The second-order valence-corrected chi connectivity index (χ2v) is 9.71. The van der Waals surface area contributed by atoms with Gasteiger partial charge in [0, 0.05) is 29.9 Å². The van der Waals surface area contributed by atoms with Gasteiger partial charge in [0.25, 0.3) is 0 Å². The Bertz CT molecular complexity index is 1210. The third-order valence-corrected chi connectivity index (χ3v) is 7.13. The van der Waals surface area contributed by atoms with E-state index in [0.29, 0.717) is 18.9 Å². The molecule has 2 aromatic carbocycles. The van der Waals surface area contributed by atoms with Crippen molar-refractivity contribution in [1.29, 1.82) is 0 Å². The molecular weight excluding hydrogens is 456 g/mol. The van der Waals surface area contributed by atoms with Gasteiger partial charge in [-0.1, -0.05) is 12.1 Å². The second-order valence-electron chi connectivity index (χ2n) is 7.66. The number of amides is 1. The Labute approximate surface area is 199 Å². The number of nitrogens with zero attached hydrogens (tertiary/aromatic N) is 2. The number of rotatable bonds is 10. The number of hydrogen-bond donors (Lipinski definition) is 1. The monoisotopic (exact) mass is 485 g/mol. The predicted octanol–water partition coefficient (Wildman–Crippen LogP) is 5.95. The molecule has 0 aliphatic carbocycles. The molecule has 1 N–H and O–H groups in total. The van der Waals surface area contributed by atoms with Crippen LogP contribution in [0.3, 0.4) is 0 Å². The Morgan fingerprint density at radius 3 is 2.44 bits per heavy atom. The third kappa shape index (κ3) is 6.50. The summed E-state index contributed by atoms with van der Waals surface area (Å²) in [5, 5.41) is 7.11. The summed E-state index contributed by atoms with van der Waals surface area (Å²) in [6, 6.07) is 11.5. The molecule has 0 unspecified atom stereocenters. The highest BCUT2D eigenvalue weighted by Crippen LogP contribution is 2.51. The summed E-state index contributed by atoms with van der Waals surface area (Å²) in [6.07, 6.45) is 4.91. The standard InChI is InChI=1S/C25H29FN3O4P/c1-5-32-34(31,33-6-2)17-19-7-13-23(18(3)15-19)28-24(30)14-10-21-16-27-29(4)25(21)20-8-11-22(26)12-9-20/h7-16H,5-6,17H2,1-4H3,(H,28,30). The van der Waals surface area contributed by atoms with Gasteiger partial charge in [-0.25, -0.2) is 4.39 Å². The SMILES string of the molecule is CCOP(=O)(Cc1ccc(NC(=O)C=Cc2cnn(C)c2-c2ccc(F)cc2)c(C)c1)OCC. The van der Waals surface area contributed by atoms with Crippen LogP contribution in [-0.4, -0.2) is 28.9 Å². The van der Waals surface area contributed by atoms with Gasteiger partial charge >= 0.3 is 7.60 Å². The zero-order chi connectivity index (χ0) is 24.7. The number of benzene rings is 2. The van der Waals surface area contributed by atoms with Crippen molar-refractivity contribution in [1.82, 2.24) is 9.78 Å². The largest absolute Gasteiger partial charge is 0.335 e. The van der Waals surface area contributed by atoms with Crippen LogP contribution in [0.4, 0.5) is 10.1 Å². The molecule has 3 rings (SSSR count). The van der Waals surface area contributed by atoms with Crippen molar-refractivity contribution < 1.29 is 22.8 Å². The van der Waals surface area contributed by atoms with Crippen LogP contribution in [-0.2, 0) is 31.6 Å². The summed E-state index contributed by atoms with van der Waals surface area (Å²) in [7, 11) is -1.42. The number of aryl methyl sites for hydroxylation is 2. The van der Waals surface area contributed by atoms with Crippen LogP contribution in [0, 0.1) is 12.7 Å². The molecule has 180 valence electrons. The summed E-state index contributed by atoms with van der Waals surface area (Å²) in [6.45, 7) is 6.02. The summed E-state index contributed by atoms with van der Waals surface area (Å²) < 4.78 is 38.5. The molecule has 34 heavy (non-hydrogen) atoms. The first-order chi connectivity index (χ1) is 16.2. The number of aromatic nitrogens is 2. The number of carbonyl (C=O) groups excluding carboxylic acids is 1. The van der Waals surface area contributed by atoms with Gasteiger partial charge in [0.15, 0.2) is 0 Å². The van der Waals surface area contributed by atoms with E-state index < -0.39 is 7.60 Å². The number of halogens is 1. The minimum atomic E-state index is -3.21. The van der Waals surface area contributed by atoms with Crippen LogP contribution >= 0.6 is 7.60 Å². The highest BCUT2D eigenvalue weighted by atomic mass is 31.2. The fraction of sp³-hybridized carbons (Fsp3) is 0.280. The normalized spacial score (nSPS) is 11.8. The molecule has 1 amide bonds. The maximum absolute atomic E-state index is 13.3. The summed E-state index contributed by atoms with van der Waals surface area (Å²) >= 11 is 0. The average molecular weight is 485 g/mol. The number of hydrogen-bond acceptors (Lipinski definition) is 5. The van der Waals surface area contributed by atoms with E-state index in [9.17, 15) is 13.8 Å². The van der Waals surface area contributed by atoms with Gasteiger partial charge in [0.2, 0.25) is 5.91 Å². The zero-order valence-corrected chi connectivity index (χ0v) is 20.6. The topological polar surface area (TPSA) is 82.5 Å². The maximum atomic E-state index is 13.3. The molecule has 3 aromatic rings. The van der Waals surface area contributed by atoms with Crippen molar-refractivity contribution >= 4 is 25.3 Å². The molecule has 0 aliphatic rings. The highest BCUT2D eigenvalue weighted by molar-refractivity contribution is 7.53. The smallest absolute Gasteiger partial charge is 0.322 e. The number of anilines is 1. The first-order valence-electron chi connectivity index (χ1n) is 11.0. The Balaban J connectivity index is 1.71. The maximum Gasteiger partial charge on any atom is 0.335 e. The fourth-order valence-electron chi connectivity index (χ4n) is 3.59. The summed E-state index contributed by atoms with van der Waals surface area (Å²) in [4.78, 5) is 12.6. The molecule has 1 aromatic heterocycles. The van der Waals surface area contributed by atoms with E-state index in [0.717, 1.165) is 27.9 Å². The van der Waals surface area contributed by atoms with Crippen molar-refractivity contribution in [2.45, 2.75) is 26.9 Å². The minimum Gasteiger partial charge on any atom is -0.322 e. The van der Waals surface area contributed by atoms with E-state index in [-0.39, 0.29) is 17.9 Å². The number of carbonyl (C=O) groups is 1. The molecule has 0 atom stereocenters. The second kappa shape index (κ2) is 11.4. The molecular formula is C25H29FN3O4P. The fourth-order valence-corrected chi connectivity index (χ4v) is 5.28. The molecule has 0 bridgehead atoms. The Hall–Kier alpha value is -3.06. The summed E-state index contributed by atoms with van der Waals surface area (Å²) in [5.41, 5.74) is 4.58. The first kappa shape index (κ1) is 25.6. The minimum absolute atomic E-state index is 0.164. The van der Waals surface area contributed by atoms with Crippen molar-refractivity contribution in [3.8, 4) is 11.3 Å². The molecule has 1 heterocycles. The zero-order valence-electron chi connectivity index (χ0n) is 19.7. The molecule has 0 radical (unpaired) electrons. The predicted molar refractivity (Wildman–Crippen MR) is 132 cm³/mol. The van der Waals surface area contributed by atoms with Gasteiger partial charge in [-0.2, -0.15) is 5.10 Å². The Kier molecular flexibility index (Phi) is 8.56. The van der Waals surface area contributed by atoms with Crippen molar-refractivity contribution in [3.05, 3.63) is 77.2 Å². The van der Waals surface area contributed by atoms with Crippen LogP contribution < -0.4 is 5.32 Å². The van der Waals surface area contributed by atoms with Gasteiger partial charge < -0.3 is 14.4 Å². The van der Waals surface area contributed by atoms with Crippen LogP contribution in [0.5, 0.6) is 0 Å².